The molecule has 0 radical (unpaired) electrons. The number of carbonyl (C=O) groups excluding carboxylic acids is 2. The molecule has 7 heteroatoms. The second-order valence-electron chi connectivity index (χ2n) is 6.96. The van der Waals surface area contributed by atoms with E-state index in [1.165, 1.54) is 0 Å². The molecule has 1 aromatic rings. The first-order valence-electron chi connectivity index (χ1n) is 9.38. The third-order valence-electron chi connectivity index (χ3n) is 4.88. The predicted octanol–water partition coefficient (Wildman–Crippen LogP) is 2.76. The molecule has 0 unspecified atom stereocenters. The summed E-state index contributed by atoms with van der Waals surface area (Å²) in [7, 11) is 1.60. The quantitative estimate of drug-likeness (QED) is 0.493. The monoisotopic (exact) mass is 398 g/mol. The highest BCUT2D eigenvalue weighted by Gasteiger charge is 2.39. The van der Waals surface area contributed by atoms with Crippen molar-refractivity contribution in [1.82, 2.24) is 5.32 Å². The Morgan fingerprint density at radius 3 is 2.41 bits per heavy atom. The van der Waals surface area contributed by atoms with Crippen LogP contribution in [-0.2, 0) is 20.7 Å². The smallest absolute Gasteiger partial charge is 0.328 e. The summed E-state index contributed by atoms with van der Waals surface area (Å²) in [6.45, 7) is 2.39. The number of carbonyl (C=O) groups is 2. The third-order valence-corrected chi connectivity index (χ3v) is 4.88. The minimum Gasteiger partial charge on any atom is -0.497 e. The summed E-state index contributed by atoms with van der Waals surface area (Å²) in [5.74, 6) is 0.0666. The molecule has 0 saturated heterocycles. The van der Waals surface area contributed by atoms with Crippen molar-refractivity contribution in [2.75, 3.05) is 13.7 Å². The molecule has 1 atom stereocenters. The SMILES string of the molecule is CCCCOC(=O)[C@H](Cc1ccc(OC)cc1)NC(=O)C1(N)CCCC1.Cl. The van der Waals surface area contributed by atoms with Crippen LogP contribution in [0.5, 0.6) is 5.75 Å². The van der Waals surface area contributed by atoms with Crippen LogP contribution in [0.15, 0.2) is 24.3 Å². The van der Waals surface area contributed by atoms with Gasteiger partial charge >= 0.3 is 5.97 Å². The number of ether oxygens (including phenoxy) is 2. The average molecular weight is 399 g/mol. The minimum atomic E-state index is -0.873. The van der Waals surface area contributed by atoms with Crippen LogP contribution in [0.25, 0.3) is 0 Å². The molecular weight excluding hydrogens is 368 g/mol. The van der Waals surface area contributed by atoms with E-state index < -0.39 is 17.6 Å². The number of unbranched alkanes of at least 4 members (excludes halogenated alkanes) is 1. The third kappa shape index (κ3) is 6.70. The molecular formula is C20H31ClN2O4. The molecule has 1 amide bonds. The second-order valence-corrected chi connectivity index (χ2v) is 6.96. The molecule has 1 aliphatic carbocycles. The molecule has 2 rings (SSSR count). The first-order valence-corrected chi connectivity index (χ1v) is 9.38. The highest BCUT2D eigenvalue weighted by atomic mass is 35.5. The van der Waals surface area contributed by atoms with E-state index in [-0.39, 0.29) is 18.3 Å². The number of rotatable bonds is 9. The van der Waals surface area contributed by atoms with Gasteiger partial charge in [0.25, 0.3) is 0 Å². The van der Waals surface area contributed by atoms with E-state index in [2.05, 4.69) is 5.32 Å². The Balaban J connectivity index is 0.00000364. The van der Waals surface area contributed by atoms with Crippen LogP contribution >= 0.6 is 12.4 Å². The van der Waals surface area contributed by atoms with Gasteiger partial charge in [-0.25, -0.2) is 4.79 Å². The molecule has 1 aromatic carbocycles. The molecule has 6 nitrogen and oxygen atoms in total. The number of benzene rings is 1. The van der Waals surface area contributed by atoms with Gasteiger partial charge in [0.05, 0.1) is 19.3 Å². The van der Waals surface area contributed by atoms with Crippen LogP contribution in [-0.4, -0.2) is 37.2 Å². The van der Waals surface area contributed by atoms with Crippen molar-refractivity contribution >= 4 is 24.3 Å². The molecule has 1 fully saturated rings. The Morgan fingerprint density at radius 2 is 1.85 bits per heavy atom. The molecule has 152 valence electrons. The van der Waals surface area contributed by atoms with Crippen molar-refractivity contribution in [1.29, 1.82) is 0 Å². The van der Waals surface area contributed by atoms with Crippen molar-refractivity contribution in [3.05, 3.63) is 29.8 Å². The number of methoxy groups -OCH3 is 1. The molecule has 0 bridgehead atoms. The van der Waals surface area contributed by atoms with E-state index in [9.17, 15) is 9.59 Å². The van der Waals surface area contributed by atoms with Crippen molar-refractivity contribution in [2.45, 2.75) is 63.5 Å². The molecule has 0 aliphatic heterocycles. The number of esters is 1. The van der Waals surface area contributed by atoms with Crippen molar-refractivity contribution in [3.63, 3.8) is 0 Å². The fourth-order valence-corrected chi connectivity index (χ4v) is 3.14. The largest absolute Gasteiger partial charge is 0.497 e. The number of halogens is 1. The normalized spacial score (nSPS) is 16.1. The Kier molecular flexibility index (Phi) is 9.60. The van der Waals surface area contributed by atoms with E-state index in [0.717, 1.165) is 37.0 Å². The molecule has 1 aliphatic rings. The molecule has 3 N–H and O–H groups in total. The van der Waals surface area contributed by atoms with E-state index in [4.69, 9.17) is 15.2 Å². The molecule has 27 heavy (non-hydrogen) atoms. The van der Waals surface area contributed by atoms with E-state index >= 15 is 0 Å². The molecule has 1 saturated carbocycles. The number of nitrogens with one attached hydrogen (secondary N) is 1. The fraction of sp³-hybridized carbons (Fsp3) is 0.600. The Morgan fingerprint density at radius 1 is 1.22 bits per heavy atom. The maximum atomic E-state index is 12.6. The highest BCUT2D eigenvalue weighted by Crippen LogP contribution is 2.27. The zero-order valence-electron chi connectivity index (χ0n) is 16.2. The van der Waals surface area contributed by atoms with Gasteiger partial charge < -0.3 is 20.5 Å². The number of hydrogen-bond donors (Lipinski definition) is 2. The van der Waals surface area contributed by atoms with Crippen LogP contribution < -0.4 is 15.8 Å². The number of nitrogens with two attached hydrogens (primary N) is 1. The second kappa shape index (κ2) is 11.1. The van der Waals surface area contributed by atoms with Crippen LogP contribution in [0.1, 0.15) is 51.0 Å². The standard InChI is InChI=1S/C20H30N2O4.ClH/c1-3-4-13-26-18(23)17(14-15-7-9-16(25-2)10-8-15)22-19(24)20(21)11-5-6-12-20;/h7-10,17H,3-6,11-14,21H2,1-2H3,(H,22,24);1H/t17-;/m0./s1. The summed E-state index contributed by atoms with van der Waals surface area (Å²) >= 11 is 0. The van der Waals surface area contributed by atoms with Crippen LogP contribution in [0.3, 0.4) is 0 Å². The van der Waals surface area contributed by atoms with Crippen molar-refractivity contribution < 1.29 is 19.1 Å². The van der Waals surface area contributed by atoms with Crippen molar-refractivity contribution in [3.8, 4) is 5.75 Å². The van der Waals surface area contributed by atoms with Gasteiger partial charge in [-0.1, -0.05) is 38.3 Å². The van der Waals surface area contributed by atoms with Gasteiger partial charge in [-0.15, -0.1) is 12.4 Å². The summed E-state index contributed by atoms with van der Waals surface area (Å²) < 4.78 is 10.5. The Hall–Kier alpha value is -1.79. The summed E-state index contributed by atoms with van der Waals surface area (Å²) in [6, 6.07) is 6.68. The summed E-state index contributed by atoms with van der Waals surface area (Å²) in [5, 5.41) is 2.83. The fourth-order valence-electron chi connectivity index (χ4n) is 3.14. The first kappa shape index (κ1) is 23.2. The van der Waals surface area contributed by atoms with E-state index in [1.807, 2.05) is 31.2 Å². The minimum absolute atomic E-state index is 0. The lowest BCUT2D eigenvalue weighted by Gasteiger charge is -2.26. The van der Waals surface area contributed by atoms with Crippen LogP contribution in [0, 0.1) is 0 Å². The molecule has 0 heterocycles. The lowest BCUT2D eigenvalue weighted by atomic mass is 9.96. The van der Waals surface area contributed by atoms with Crippen LogP contribution in [0.2, 0.25) is 0 Å². The zero-order valence-corrected chi connectivity index (χ0v) is 17.0. The van der Waals surface area contributed by atoms with Gasteiger partial charge in [0.1, 0.15) is 11.8 Å². The lowest BCUT2D eigenvalue weighted by molar-refractivity contribution is -0.148. The van der Waals surface area contributed by atoms with Gasteiger partial charge in [0.15, 0.2) is 0 Å². The van der Waals surface area contributed by atoms with Gasteiger partial charge in [0, 0.05) is 6.42 Å². The maximum absolute atomic E-state index is 12.6. The van der Waals surface area contributed by atoms with Gasteiger partial charge in [-0.3, -0.25) is 4.79 Å². The Labute approximate surface area is 167 Å². The highest BCUT2D eigenvalue weighted by molar-refractivity contribution is 5.90. The lowest BCUT2D eigenvalue weighted by Crippen LogP contribution is -2.56. The van der Waals surface area contributed by atoms with Crippen molar-refractivity contribution in [2.24, 2.45) is 5.73 Å². The average Bonchev–Trinajstić information content (AvgIpc) is 3.10. The van der Waals surface area contributed by atoms with Gasteiger partial charge in [-0.05, 0) is 37.0 Å². The summed E-state index contributed by atoms with van der Waals surface area (Å²) in [5.41, 5.74) is 6.27. The first-order chi connectivity index (χ1) is 12.5. The number of hydrogen-bond acceptors (Lipinski definition) is 5. The zero-order chi connectivity index (χ0) is 19.0. The predicted molar refractivity (Wildman–Crippen MR) is 107 cm³/mol. The molecule has 0 aromatic heterocycles. The van der Waals surface area contributed by atoms with Gasteiger partial charge in [0.2, 0.25) is 5.91 Å². The van der Waals surface area contributed by atoms with E-state index in [0.29, 0.717) is 25.9 Å². The Bertz CT molecular complexity index is 601. The van der Waals surface area contributed by atoms with Crippen LogP contribution in [0.4, 0.5) is 0 Å². The van der Waals surface area contributed by atoms with E-state index in [1.54, 1.807) is 7.11 Å². The summed E-state index contributed by atoms with van der Waals surface area (Å²) in [4.78, 5) is 25.1. The summed E-state index contributed by atoms with van der Waals surface area (Å²) in [6.07, 6.45) is 5.28. The number of amides is 1. The maximum Gasteiger partial charge on any atom is 0.328 e. The van der Waals surface area contributed by atoms with Gasteiger partial charge in [-0.2, -0.15) is 0 Å². The topological polar surface area (TPSA) is 90.6 Å². The molecule has 0 spiro atoms.